The summed E-state index contributed by atoms with van der Waals surface area (Å²) >= 11 is 1.72. The Kier molecular flexibility index (Phi) is 5.43. The van der Waals surface area contributed by atoms with Crippen LogP contribution >= 0.6 is 11.3 Å². The Morgan fingerprint density at radius 2 is 2.13 bits per heavy atom. The molecule has 23 heavy (non-hydrogen) atoms. The van der Waals surface area contributed by atoms with Crippen molar-refractivity contribution >= 4 is 17.2 Å². The number of likely N-dealkylation sites (N-methyl/N-ethyl adjacent to an activating group) is 1. The summed E-state index contributed by atoms with van der Waals surface area (Å²) < 4.78 is 5.81. The summed E-state index contributed by atoms with van der Waals surface area (Å²) in [6.45, 7) is 2.06. The van der Waals surface area contributed by atoms with Crippen molar-refractivity contribution in [2.45, 2.75) is 18.6 Å². The molecule has 0 aliphatic carbocycles. The molecule has 1 aromatic heterocycles. The van der Waals surface area contributed by atoms with Crippen LogP contribution in [0, 0.1) is 0 Å². The van der Waals surface area contributed by atoms with Crippen LogP contribution in [0.5, 0.6) is 0 Å². The normalized spacial score (nSPS) is 22.0. The standard InChI is InChI=1S/C18H22N2O2S/c1-20-11-12-22-17(16(20)14-6-3-2-4-7-14)18(21)19-10-9-15-8-5-13-23-15/h2-8,13,16-17H,9-12H2,1H3,(H,19,21)/t16-,17+/m0/s1. The van der Waals surface area contributed by atoms with Gasteiger partial charge in [0.25, 0.3) is 5.91 Å². The second-order valence-electron chi connectivity index (χ2n) is 5.75. The van der Waals surface area contributed by atoms with Crippen molar-refractivity contribution < 1.29 is 9.53 Å². The zero-order valence-electron chi connectivity index (χ0n) is 13.3. The summed E-state index contributed by atoms with van der Waals surface area (Å²) in [5.74, 6) is -0.0260. The van der Waals surface area contributed by atoms with Gasteiger partial charge in [-0.1, -0.05) is 36.4 Å². The minimum atomic E-state index is -0.459. The van der Waals surface area contributed by atoms with Crippen molar-refractivity contribution in [3.8, 4) is 0 Å². The number of rotatable bonds is 5. The molecule has 1 N–H and O–H groups in total. The van der Waals surface area contributed by atoms with E-state index in [-0.39, 0.29) is 11.9 Å². The Balaban J connectivity index is 1.64. The summed E-state index contributed by atoms with van der Waals surface area (Å²) in [5, 5.41) is 5.08. The maximum Gasteiger partial charge on any atom is 0.251 e. The fourth-order valence-electron chi connectivity index (χ4n) is 2.95. The van der Waals surface area contributed by atoms with E-state index in [0.29, 0.717) is 13.2 Å². The summed E-state index contributed by atoms with van der Waals surface area (Å²) in [6, 6.07) is 14.2. The number of hydrogen-bond donors (Lipinski definition) is 1. The molecule has 0 unspecified atom stereocenters. The van der Waals surface area contributed by atoms with Gasteiger partial charge in [-0.2, -0.15) is 0 Å². The van der Waals surface area contributed by atoms with E-state index in [2.05, 4.69) is 33.8 Å². The van der Waals surface area contributed by atoms with Crippen molar-refractivity contribution in [2.24, 2.45) is 0 Å². The monoisotopic (exact) mass is 330 g/mol. The van der Waals surface area contributed by atoms with Gasteiger partial charge in [-0.25, -0.2) is 0 Å². The summed E-state index contributed by atoms with van der Waals surface area (Å²) in [7, 11) is 2.05. The van der Waals surface area contributed by atoms with E-state index < -0.39 is 6.10 Å². The molecule has 5 heteroatoms. The number of carbonyl (C=O) groups excluding carboxylic acids is 1. The van der Waals surface area contributed by atoms with Crippen LogP contribution < -0.4 is 5.32 Å². The van der Waals surface area contributed by atoms with Crippen LogP contribution in [-0.4, -0.2) is 43.7 Å². The molecule has 1 aliphatic heterocycles. The van der Waals surface area contributed by atoms with Gasteiger partial charge in [0.05, 0.1) is 12.6 Å². The van der Waals surface area contributed by atoms with Gasteiger partial charge in [0.1, 0.15) is 0 Å². The first kappa shape index (κ1) is 16.2. The third-order valence-corrected chi connectivity index (χ3v) is 5.09. The van der Waals surface area contributed by atoms with E-state index in [4.69, 9.17) is 4.74 Å². The third-order valence-electron chi connectivity index (χ3n) is 4.15. The molecule has 1 aliphatic rings. The third kappa shape index (κ3) is 3.99. The van der Waals surface area contributed by atoms with E-state index in [0.717, 1.165) is 18.5 Å². The average molecular weight is 330 g/mol. The highest BCUT2D eigenvalue weighted by atomic mass is 32.1. The molecular formula is C18H22N2O2S. The van der Waals surface area contributed by atoms with Crippen molar-refractivity contribution in [2.75, 3.05) is 26.7 Å². The Morgan fingerprint density at radius 3 is 2.87 bits per heavy atom. The number of hydrogen-bond acceptors (Lipinski definition) is 4. The molecule has 0 saturated carbocycles. The molecule has 4 nitrogen and oxygen atoms in total. The predicted molar refractivity (Wildman–Crippen MR) is 92.6 cm³/mol. The Hall–Kier alpha value is -1.69. The SMILES string of the molecule is CN1CCO[C@@H](C(=O)NCCc2cccs2)[C@@H]1c1ccccc1. The summed E-state index contributed by atoms with van der Waals surface area (Å²) in [4.78, 5) is 16.1. The Labute approximate surface area is 141 Å². The van der Waals surface area contributed by atoms with Crippen molar-refractivity contribution in [1.29, 1.82) is 0 Å². The van der Waals surface area contributed by atoms with Crippen LogP contribution in [0.3, 0.4) is 0 Å². The minimum Gasteiger partial charge on any atom is -0.365 e. The van der Waals surface area contributed by atoms with Gasteiger partial charge in [-0.05, 0) is 30.5 Å². The highest BCUT2D eigenvalue weighted by Crippen LogP contribution is 2.28. The minimum absolute atomic E-state index is 0.0260. The number of carbonyl (C=O) groups is 1. The van der Waals surface area contributed by atoms with Crippen LogP contribution in [0.2, 0.25) is 0 Å². The van der Waals surface area contributed by atoms with Crippen LogP contribution in [-0.2, 0) is 16.0 Å². The first-order chi connectivity index (χ1) is 11.3. The van der Waals surface area contributed by atoms with Crippen molar-refractivity contribution in [3.05, 3.63) is 58.3 Å². The van der Waals surface area contributed by atoms with Crippen molar-refractivity contribution in [3.63, 3.8) is 0 Å². The highest BCUT2D eigenvalue weighted by Gasteiger charge is 2.36. The molecule has 1 amide bonds. The lowest BCUT2D eigenvalue weighted by atomic mass is 9.98. The summed E-state index contributed by atoms with van der Waals surface area (Å²) in [6.07, 6.45) is 0.404. The number of ether oxygens (including phenoxy) is 1. The number of nitrogens with one attached hydrogen (secondary N) is 1. The molecule has 2 heterocycles. The van der Waals surface area contributed by atoms with E-state index in [1.165, 1.54) is 4.88 Å². The smallest absolute Gasteiger partial charge is 0.251 e. The lowest BCUT2D eigenvalue weighted by Crippen LogP contribution is -2.50. The zero-order valence-corrected chi connectivity index (χ0v) is 14.1. The number of amides is 1. The number of morpholine rings is 1. The molecular weight excluding hydrogens is 308 g/mol. The highest BCUT2D eigenvalue weighted by molar-refractivity contribution is 7.09. The largest absolute Gasteiger partial charge is 0.365 e. The van der Waals surface area contributed by atoms with Crippen LogP contribution in [0.1, 0.15) is 16.5 Å². The molecule has 122 valence electrons. The second-order valence-corrected chi connectivity index (χ2v) is 6.78. The van der Waals surface area contributed by atoms with Gasteiger partial charge in [0.15, 0.2) is 6.10 Å². The first-order valence-corrected chi connectivity index (χ1v) is 8.80. The Bertz CT molecular complexity index is 615. The second kappa shape index (κ2) is 7.73. The molecule has 0 spiro atoms. The number of thiophene rings is 1. The molecule has 2 atom stereocenters. The number of nitrogens with zero attached hydrogens (tertiary/aromatic N) is 1. The van der Waals surface area contributed by atoms with Crippen LogP contribution in [0.25, 0.3) is 0 Å². The van der Waals surface area contributed by atoms with Gasteiger partial charge in [-0.3, -0.25) is 9.69 Å². The fourth-order valence-corrected chi connectivity index (χ4v) is 3.66. The fraction of sp³-hybridized carbons (Fsp3) is 0.389. The topological polar surface area (TPSA) is 41.6 Å². The Morgan fingerprint density at radius 1 is 1.30 bits per heavy atom. The van der Waals surface area contributed by atoms with Crippen molar-refractivity contribution in [1.82, 2.24) is 10.2 Å². The molecule has 0 radical (unpaired) electrons. The zero-order chi connectivity index (χ0) is 16.1. The quantitative estimate of drug-likeness (QED) is 0.916. The molecule has 1 saturated heterocycles. The predicted octanol–water partition coefficient (Wildman–Crippen LogP) is 2.48. The van der Waals surface area contributed by atoms with Crippen LogP contribution in [0.15, 0.2) is 47.8 Å². The van der Waals surface area contributed by atoms with E-state index in [1.54, 1.807) is 11.3 Å². The van der Waals surface area contributed by atoms with Crippen LogP contribution in [0.4, 0.5) is 0 Å². The van der Waals surface area contributed by atoms with E-state index >= 15 is 0 Å². The van der Waals surface area contributed by atoms with Gasteiger partial charge in [0.2, 0.25) is 0 Å². The number of benzene rings is 1. The van der Waals surface area contributed by atoms with Gasteiger partial charge < -0.3 is 10.1 Å². The first-order valence-electron chi connectivity index (χ1n) is 7.92. The maximum atomic E-state index is 12.6. The molecule has 2 aromatic rings. The lowest BCUT2D eigenvalue weighted by Gasteiger charge is -2.38. The lowest BCUT2D eigenvalue weighted by molar-refractivity contribution is -0.144. The molecule has 1 fully saturated rings. The van der Waals surface area contributed by atoms with E-state index in [1.807, 2.05) is 31.3 Å². The van der Waals surface area contributed by atoms with Gasteiger partial charge in [-0.15, -0.1) is 11.3 Å². The summed E-state index contributed by atoms with van der Waals surface area (Å²) in [5.41, 5.74) is 1.12. The van der Waals surface area contributed by atoms with Gasteiger partial charge in [0, 0.05) is 18.0 Å². The maximum absolute atomic E-state index is 12.6. The average Bonchev–Trinajstić information content (AvgIpc) is 3.08. The molecule has 3 rings (SSSR count). The molecule has 0 bridgehead atoms. The molecule has 1 aromatic carbocycles. The van der Waals surface area contributed by atoms with Gasteiger partial charge >= 0.3 is 0 Å². The van der Waals surface area contributed by atoms with E-state index in [9.17, 15) is 4.79 Å².